The number of rotatable bonds is 2. The van der Waals surface area contributed by atoms with Gasteiger partial charge in [0.2, 0.25) is 0 Å². The summed E-state index contributed by atoms with van der Waals surface area (Å²) in [6.07, 6.45) is 1.90. The zero-order chi connectivity index (χ0) is 19.1. The van der Waals surface area contributed by atoms with Crippen molar-refractivity contribution in [3.8, 4) is 22.3 Å². The van der Waals surface area contributed by atoms with E-state index in [9.17, 15) is 0 Å². The standard InChI is InChI=1S/C27H21N/c1-18-9-13-20(14-10-18)25-22-6-3-4-7-23(22)26(21-15-11-19(2)12-16-21)27-24(25)8-5-17-28-27/h3-17H,1-2H3. The second-order valence-electron chi connectivity index (χ2n) is 7.43. The third-order valence-corrected chi connectivity index (χ3v) is 5.46. The van der Waals surface area contributed by atoms with Crippen molar-refractivity contribution < 1.29 is 0 Å². The minimum Gasteiger partial charge on any atom is -0.256 e. The van der Waals surface area contributed by atoms with Crippen LogP contribution in [0.4, 0.5) is 0 Å². The molecule has 0 aliphatic rings. The summed E-state index contributed by atoms with van der Waals surface area (Å²) in [6, 6.07) is 30.5. The number of fused-ring (bicyclic) bond motifs is 2. The summed E-state index contributed by atoms with van der Waals surface area (Å²) >= 11 is 0. The first-order valence-electron chi connectivity index (χ1n) is 9.66. The number of aryl methyl sites for hydroxylation is 2. The largest absolute Gasteiger partial charge is 0.256 e. The van der Waals surface area contributed by atoms with Crippen LogP contribution in [0.2, 0.25) is 0 Å². The summed E-state index contributed by atoms with van der Waals surface area (Å²) < 4.78 is 0. The summed E-state index contributed by atoms with van der Waals surface area (Å²) in [5.74, 6) is 0. The predicted octanol–water partition coefficient (Wildman–Crippen LogP) is 7.34. The van der Waals surface area contributed by atoms with Gasteiger partial charge in [0, 0.05) is 17.1 Å². The molecule has 0 amide bonds. The van der Waals surface area contributed by atoms with Crippen LogP contribution in [-0.4, -0.2) is 4.98 Å². The zero-order valence-electron chi connectivity index (χ0n) is 16.1. The average Bonchev–Trinajstić information content (AvgIpc) is 2.74. The van der Waals surface area contributed by atoms with Crippen molar-refractivity contribution in [3.63, 3.8) is 0 Å². The fourth-order valence-corrected chi connectivity index (χ4v) is 4.04. The number of nitrogens with zero attached hydrogens (tertiary/aromatic N) is 1. The number of benzene rings is 4. The lowest BCUT2D eigenvalue weighted by atomic mass is 9.88. The molecule has 0 atom stereocenters. The number of aromatic nitrogens is 1. The zero-order valence-corrected chi connectivity index (χ0v) is 16.1. The average molecular weight is 359 g/mol. The van der Waals surface area contributed by atoms with Gasteiger partial charge in [0.25, 0.3) is 0 Å². The Labute approximate surface area is 165 Å². The lowest BCUT2D eigenvalue weighted by Crippen LogP contribution is -1.92. The minimum atomic E-state index is 1.06. The third kappa shape index (κ3) is 2.68. The van der Waals surface area contributed by atoms with Gasteiger partial charge in [-0.15, -0.1) is 0 Å². The molecule has 0 aliphatic carbocycles. The minimum absolute atomic E-state index is 1.06. The molecule has 0 radical (unpaired) electrons. The highest BCUT2D eigenvalue weighted by molar-refractivity contribution is 6.20. The number of pyridine rings is 1. The van der Waals surface area contributed by atoms with Gasteiger partial charge in [0.15, 0.2) is 0 Å². The molecular formula is C27H21N. The van der Waals surface area contributed by atoms with E-state index in [1.54, 1.807) is 0 Å². The molecule has 28 heavy (non-hydrogen) atoms. The first-order chi connectivity index (χ1) is 13.7. The molecular weight excluding hydrogens is 338 g/mol. The first kappa shape index (κ1) is 16.7. The second-order valence-corrected chi connectivity index (χ2v) is 7.43. The molecule has 0 N–H and O–H groups in total. The molecule has 0 spiro atoms. The monoisotopic (exact) mass is 359 g/mol. The normalized spacial score (nSPS) is 11.2. The maximum atomic E-state index is 4.83. The van der Waals surface area contributed by atoms with Crippen LogP contribution in [0.5, 0.6) is 0 Å². The van der Waals surface area contributed by atoms with Gasteiger partial charge in [-0.1, -0.05) is 90.0 Å². The van der Waals surface area contributed by atoms with Crippen LogP contribution in [0.1, 0.15) is 11.1 Å². The molecule has 1 aromatic heterocycles. The van der Waals surface area contributed by atoms with E-state index in [0.717, 1.165) is 5.52 Å². The van der Waals surface area contributed by atoms with Crippen LogP contribution in [0.25, 0.3) is 43.9 Å². The Morgan fingerprint density at radius 1 is 0.500 bits per heavy atom. The lowest BCUT2D eigenvalue weighted by Gasteiger charge is -2.17. The van der Waals surface area contributed by atoms with Crippen LogP contribution in [0.15, 0.2) is 91.1 Å². The van der Waals surface area contributed by atoms with E-state index >= 15 is 0 Å². The van der Waals surface area contributed by atoms with Crippen LogP contribution < -0.4 is 0 Å². The Morgan fingerprint density at radius 2 is 1.00 bits per heavy atom. The van der Waals surface area contributed by atoms with E-state index in [-0.39, 0.29) is 0 Å². The first-order valence-corrected chi connectivity index (χ1v) is 9.66. The van der Waals surface area contributed by atoms with Crippen molar-refractivity contribution >= 4 is 21.7 Å². The smallest absolute Gasteiger partial charge is 0.0792 e. The van der Waals surface area contributed by atoms with E-state index in [1.807, 2.05) is 12.3 Å². The van der Waals surface area contributed by atoms with Crippen molar-refractivity contribution in [3.05, 3.63) is 102 Å². The molecule has 1 heteroatoms. The van der Waals surface area contributed by atoms with E-state index in [2.05, 4.69) is 92.7 Å². The molecule has 1 nitrogen and oxygen atoms in total. The molecule has 0 aliphatic heterocycles. The fourth-order valence-electron chi connectivity index (χ4n) is 4.04. The SMILES string of the molecule is Cc1ccc(-c2c3ccccc3c(-c3ccc(C)cc3)c3ncccc23)cc1. The molecule has 0 saturated carbocycles. The highest BCUT2D eigenvalue weighted by atomic mass is 14.7. The van der Waals surface area contributed by atoms with E-state index in [1.165, 1.54) is 49.5 Å². The van der Waals surface area contributed by atoms with E-state index in [0.29, 0.717) is 0 Å². The maximum absolute atomic E-state index is 4.83. The molecule has 5 rings (SSSR count). The molecule has 0 unspecified atom stereocenters. The maximum Gasteiger partial charge on any atom is 0.0792 e. The molecule has 1 heterocycles. The fraction of sp³-hybridized carbons (Fsp3) is 0.0741. The summed E-state index contributed by atoms with van der Waals surface area (Å²) in [4.78, 5) is 4.83. The molecule has 0 bridgehead atoms. The van der Waals surface area contributed by atoms with E-state index in [4.69, 9.17) is 4.98 Å². The van der Waals surface area contributed by atoms with Crippen molar-refractivity contribution in [1.82, 2.24) is 4.98 Å². The molecule has 134 valence electrons. The second kappa shape index (κ2) is 6.61. The van der Waals surface area contributed by atoms with Crippen LogP contribution >= 0.6 is 0 Å². The Hall–Kier alpha value is -3.45. The lowest BCUT2D eigenvalue weighted by molar-refractivity contribution is 1.41. The Bertz CT molecular complexity index is 1140. The Morgan fingerprint density at radius 3 is 1.61 bits per heavy atom. The van der Waals surface area contributed by atoms with Gasteiger partial charge in [0.1, 0.15) is 0 Å². The van der Waals surface area contributed by atoms with E-state index < -0.39 is 0 Å². The Balaban J connectivity index is 1.96. The van der Waals surface area contributed by atoms with Gasteiger partial charge < -0.3 is 0 Å². The van der Waals surface area contributed by atoms with Gasteiger partial charge in [-0.25, -0.2) is 0 Å². The topological polar surface area (TPSA) is 12.9 Å². The summed E-state index contributed by atoms with van der Waals surface area (Å²) in [5, 5.41) is 3.70. The third-order valence-electron chi connectivity index (χ3n) is 5.46. The van der Waals surface area contributed by atoms with Gasteiger partial charge >= 0.3 is 0 Å². The van der Waals surface area contributed by atoms with Gasteiger partial charge in [-0.2, -0.15) is 0 Å². The van der Waals surface area contributed by atoms with Gasteiger partial charge in [-0.3, -0.25) is 4.98 Å². The van der Waals surface area contributed by atoms with Crippen molar-refractivity contribution in [2.75, 3.05) is 0 Å². The Kier molecular flexibility index (Phi) is 3.95. The summed E-state index contributed by atoms with van der Waals surface area (Å²) in [7, 11) is 0. The van der Waals surface area contributed by atoms with Crippen LogP contribution in [0, 0.1) is 13.8 Å². The number of hydrogen-bond acceptors (Lipinski definition) is 1. The number of hydrogen-bond donors (Lipinski definition) is 0. The van der Waals surface area contributed by atoms with Crippen molar-refractivity contribution in [1.29, 1.82) is 0 Å². The summed E-state index contributed by atoms with van der Waals surface area (Å²) in [5.41, 5.74) is 8.50. The molecule has 4 aromatic carbocycles. The van der Waals surface area contributed by atoms with Crippen molar-refractivity contribution in [2.45, 2.75) is 13.8 Å². The molecule has 0 fully saturated rings. The van der Waals surface area contributed by atoms with Crippen molar-refractivity contribution in [2.24, 2.45) is 0 Å². The summed E-state index contributed by atoms with van der Waals surface area (Å²) in [6.45, 7) is 4.25. The van der Waals surface area contributed by atoms with Crippen LogP contribution in [0.3, 0.4) is 0 Å². The molecule has 5 aromatic rings. The van der Waals surface area contributed by atoms with Gasteiger partial charge in [0.05, 0.1) is 5.52 Å². The highest BCUT2D eigenvalue weighted by Gasteiger charge is 2.16. The van der Waals surface area contributed by atoms with Gasteiger partial charge in [-0.05, 0) is 47.4 Å². The highest BCUT2D eigenvalue weighted by Crippen LogP contribution is 2.42. The molecule has 0 saturated heterocycles. The quantitative estimate of drug-likeness (QED) is 0.300. The van der Waals surface area contributed by atoms with Crippen LogP contribution in [-0.2, 0) is 0 Å². The predicted molar refractivity (Wildman–Crippen MR) is 120 cm³/mol.